The molecule has 0 saturated carbocycles. The molecular formula is C27H21ClN2O6. The fourth-order valence-electron chi connectivity index (χ4n) is 3.56. The number of aryl methyl sites for hydroxylation is 2. The number of carbonyl (C=O) groups excluding carboxylic acids is 4. The van der Waals surface area contributed by atoms with Gasteiger partial charge in [0, 0.05) is 5.69 Å². The zero-order valence-corrected chi connectivity index (χ0v) is 20.4. The molecule has 36 heavy (non-hydrogen) atoms. The fraction of sp³-hybridized carbons (Fsp3) is 0.111. The van der Waals surface area contributed by atoms with Gasteiger partial charge in [-0.05, 0) is 73.5 Å². The minimum absolute atomic E-state index is 0.0408. The number of hydrogen-bond donors (Lipinski definition) is 1. The second-order valence-electron chi connectivity index (χ2n) is 7.98. The molecule has 182 valence electrons. The summed E-state index contributed by atoms with van der Waals surface area (Å²) in [6, 6.07) is 17.6. The lowest BCUT2D eigenvalue weighted by atomic mass is 10.1. The molecule has 1 N–H and O–H groups in total. The van der Waals surface area contributed by atoms with Crippen LogP contribution in [0.15, 0.2) is 77.5 Å². The minimum Gasteiger partial charge on any atom is -0.465 e. The molecule has 0 radical (unpaired) electrons. The van der Waals surface area contributed by atoms with Crippen LogP contribution >= 0.6 is 11.6 Å². The van der Waals surface area contributed by atoms with Crippen LogP contribution in [0.3, 0.4) is 0 Å². The van der Waals surface area contributed by atoms with Crippen molar-refractivity contribution in [2.24, 2.45) is 0 Å². The van der Waals surface area contributed by atoms with Crippen LogP contribution in [0.4, 0.5) is 11.4 Å². The Labute approximate surface area is 212 Å². The normalized spacial score (nSPS) is 13.2. The van der Waals surface area contributed by atoms with Crippen molar-refractivity contribution in [3.8, 4) is 5.75 Å². The fourth-order valence-corrected chi connectivity index (χ4v) is 3.77. The highest BCUT2D eigenvalue weighted by Gasteiger charge is 2.40. The van der Waals surface area contributed by atoms with Gasteiger partial charge < -0.3 is 14.8 Å². The Kier molecular flexibility index (Phi) is 6.89. The first-order chi connectivity index (χ1) is 17.2. The monoisotopic (exact) mass is 504 g/mol. The number of hydrogen-bond acceptors (Lipinski definition) is 7. The van der Waals surface area contributed by atoms with Gasteiger partial charge in [0.05, 0.1) is 23.9 Å². The number of benzene rings is 3. The van der Waals surface area contributed by atoms with E-state index in [1.807, 2.05) is 19.9 Å². The highest BCUT2D eigenvalue weighted by Crippen LogP contribution is 2.32. The van der Waals surface area contributed by atoms with E-state index >= 15 is 0 Å². The van der Waals surface area contributed by atoms with Crippen molar-refractivity contribution in [3.63, 3.8) is 0 Å². The predicted molar refractivity (Wildman–Crippen MR) is 134 cm³/mol. The van der Waals surface area contributed by atoms with Gasteiger partial charge >= 0.3 is 11.9 Å². The van der Waals surface area contributed by atoms with Crippen molar-refractivity contribution < 1.29 is 28.7 Å². The SMILES string of the molecule is COC(=O)c1ccccc1N1C(=O)C(Cl)=C(Nc2ccc(C(=O)Oc3ccc(C)c(C)c3)cc2)C1=O. The third-order valence-electron chi connectivity index (χ3n) is 5.66. The average molecular weight is 505 g/mol. The molecule has 1 aliphatic rings. The quantitative estimate of drug-likeness (QED) is 0.294. The van der Waals surface area contributed by atoms with Crippen LogP contribution in [-0.4, -0.2) is 30.9 Å². The van der Waals surface area contributed by atoms with Gasteiger partial charge in [-0.1, -0.05) is 29.8 Å². The largest absolute Gasteiger partial charge is 0.465 e. The lowest BCUT2D eigenvalue weighted by Crippen LogP contribution is -2.33. The Bertz CT molecular complexity index is 1430. The molecule has 0 unspecified atom stereocenters. The lowest BCUT2D eigenvalue weighted by Gasteiger charge is -2.17. The van der Waals surface area contributed by atoms with E-state index in [1.165, 1.54) is 31.4 Å². The van der Waals surface area contributed by atoms with E-state index < -0.39 is 23.8 Å². The minimum atomic E-state index is -0.783. The van der Waals surface area contributed by atoms with Gasteiger partial charge in [-0.25, -0.2) is 14.5 Å². The smallest absolute Gasteiger partial charge is 0.343 e. The van der Waals surface area contributed by atoms with E-state index in [0.717, 1.165) is 16.0 Å². The van der Waals surface area contributed by atoms with Gasteiger partial charge in [0.2, 0.25) is 0 Å². The molecule has 1 heterocycles. The van der Waals surface area contributed by atoms with Crippen LogP contribution in [0.2, 0.25) is 0 Å². The van der Waals surface area contributed by atoms with Gasteiger partial charge in [0.1, 0.15) is 16.5 Å². The molecule has 0 spiro atoms. The number of rotatable bonds is 6. The first-order valence-corrected chi connectivity index (χ1v) is 11.2. The van der Waals surface area contributed by atoms with Crippen LogP contribution in [0.25, 0.3) is 0 Å². The summed E-state index contributed by atoms with van der Waals surface area (Å²) in [5.41, 5.74) is 2.73. The molecule has 0 saturated heterocycles. The molecule has 8 nitrogen and oxygen atoms in total. The van der Waals surface area contributed by atoms with Crippen molar-refractivity contribution >= 4 is 46.7 Å². The number of nitrogens with one attached hydrogen (secondary N) is 1. The number of imide groups is 1. The van der Waals surface area contributed by atoms with Crippen molar-refractivity contribution in [1.29, 1.82) is 0 Å². The van der Waals surface area contributed by atoms with Gasteiger partial charge in [0.25, 0.3) is 11.8 Å². The number of methoxy groups -OCH3 is 1. The molecule has 0 aliphatic carbocycles. The molecule has 3 aromatic carbocycles. The Balaban J connectivity index is 1.51. The number of nitrogens with zero attached hydrogens (tertiary/aromatic N) is 1. The van der Waals surface area contributed by atoms with Gasteiger partial charge in [-0.15, -0.1) is 0 Å². The van der Waals surface area contributed by atoms with Gasteiger partial charge in [-0.3, -0.25) is 9.59 Å². The number of ether oxygens (including phenoxy) is 2. The van der Waals surface area contributed by atoms with Crippen molar-refractivity contribution in [2.75, 3.05) is 17.3 Å². The number of amides is 2. The van der Waals surface area contributed by atoms with Gasteiger partial charge in [-0.2, -0.15) is 0 Å². The highest BCUT2D eigenvalue weighted by atomic mass is 35.5. The summed E-state index contributed by atoms with van der Waals surface area (Å²) >= 11 is 6.19. The van der Waals surface area contributed by atoms with Crippen molar-refractivity contribution in [2.45, 2.75) is 13.8 Å². The zero-order valence-electron chi connectivity index (χ0n) is 19.6. The van der Waals surface area contributed by atoms with Crippen LogP contribution in [0, 0.1) is 13.8 Å². The summed E-state index contributed by atoms with van der Waals surface area (Å²) in [6.07, 6.45) is 0. The summed E-state index contributed by atoms with van der Waals surface area (Å²) in [5, 5.41) is 2.49. The first kappa shape index (κ1) is 24.7. The molecule has 0 fully saturated rings. The maximum absolute atomic E-state index is 13.1. The third kappa shape index (κ3) is 4.71. The molecule has 4 rings (SSSR count). The Morgan fingerprint density at radius 2 is 1.56 bits per heavy atom. The molecule has 1 aliphatic heterocycles. The second-order valence-corrected chi connectivity index (χ2v) is 8.36. The van der Waals surface area contributed by atoms with Gasteiger partial charge in [0.15, 0.2) is 0 Å². The number of anilines is 2. The average Bonchev–Trinajstić information content (AvgIpc) is 3.09. The van der Waals surface area contributed by atoms with Crippen LogP contribution in [0.5, 0.6) is 5.75 Å². The Morgan fingerprint density at radius 1 is 0.861 bits per heavy atom. The maximum Gasteiger partial charge on any atom is 0.343 e. The molecule has 3 aromatic rings. The number of para-hydroxylation sites is 1. The predicted octanol–water partition coefficient (Wildman–Crippen LogP) is 4.74. The highest BCUT2D eigenvalue weighted by molar-refractivity contribution is 6.53. The number of carbonyl (C=O) groups is 4. The summed E-state index contributed by atoms with van der Waals surface area (Å²) < 4.78 is 10.2. The number of esters is 2. The Morgan fingerprint density at radius 3 is 2.22 bits per heavy atom. The Hall–Kier alpha value is -4.43. The first-order valence-electron chi connectivity index (χ1n) is 10.8. The van der Waals surface area contributed by atoms with E-state index in [-0.39, 0.29) is 22.0 Å². The van der Waals surface area contributed by atoms with Crippen LogP contribution < -0.4 is 15.0 Å². The molecule has 0 bridgehead atoms. The van der Waals surface area contributed by atoms with E-state index in [0.29, 0.717) is 17.0 Å². The molecule has 0 aromatic heterocycles. The summed E-state index contributed by atoms with van der Waals surface area (Å²) in [6.45, 7) is 3.89. The number of halogens is 1. The molecule has 2 amide bonds. The van der Waals surface area contributed by atoms with E-state index in [9.17, 15) is 19.2 Å². The summed E-state index contributed by atoms with van der Waals surface area (Å²) in [4.78, 5) is 51.3. The van der Waals surface area contributed by atoms with E-state index in [2.05, 4.69) is 5.32 Å². The lowest BCUT2D eigenvalue weighted by molar-refractivity contribution is -0.120. The zero-order chi connectivity index (χ0) is 26.0. The molecular weight excluding hydrogens is 484 g/mol. The maximum atomic E-state index is 13.1. The molecule has 9 heteroatoms. The standard InChI is InChI=1S/C27H21ClN2O6/c1-15-8-13-19(14-16(15)2)36-26(33)17-9-11-18(12-10-17)29-23-22(28)24(31)30(25(23)32)21-7-5-4-6-20(21)27(34)35-3/h4-14,29H,1-3H3. The van der Waals surface area contributed by atoms with Crippen molar-refractivity contribution in [1.82, 2.24) is 0 Å². The summed E-state index contributed by atoms with van der Waals surface area (Å²) in [7, 11) is 1.20. The van der Waals surface area contributed by atoms with Crippen molar-refractivity contribution in [3.05, 3.63) is 99.7 Å². The summed E-state index contributed by atoms with van der Waals surface area (Å²) in [5.74, 6) is -2.33. The van der Waals surface area contributed by atoms with Crippen LogP contribution in [-0.2, 0) is 14.3 Å². The topological polar surface area (TPSA) is 102 Å². The second kappa shape index (κ2) is 10.1. The van der Waals surface area contributed by atoms with E-state index in [1.54, 1.807) is 36.4 Å². The van der Waals surface area contributed by atoms with E-state index in [4.69, 9.17) is 21.1 Å². The van der Waals surface area contributed by atoms with Crippen LogP contribution in [0.1, 0.15) is 31.8 Å². The third-order valence-corrected chi connectivity index (χ3v) is 6.01. The molecule has 0 atom stereocenters.